The van der Waals surface area contributed by atoms with Gasteiger partial charge in [-0.15, -0.1) is 0 Å². The molecule has 1 saturated heterocycles. The van der Waals surface area contributed by atoms with Crippen LogP contribution in [-0.2, 0) is 0 Å². The summed E-state index contributed by atoms with van der Waals surface area (Å²) in [5.41, 5.74) is 5.47. The highest BCUT2D eigenvalue weighted by Gasteiger charge is 2.27. The molecule has 1 heterocycles. The molecule has 0 aromatic heterocycles. The molecule has 15 heavy (non-hydrogen) atoms. The highest BCUT2D eigenvalue weighted by molar-refractivity contribution is 4.82. The second-order valence-corrected chi connectivity index (χ2v) is 5.99. The molecule has 1 aliphatic rings. The summed E-state index contributed by atoms with van der Waals surface area (Å²) in [6.07, 6.45) is 2.90. The number of hydrogen-bond acceptors (Lipinski definition) is 3. The van der Waals surface area contributed by atoms with Crippen LogP contribution in [0.1, 0.15) is 40.0 Å². The molecule has 0 spiro atoms. The molecular weight excluding hydrogens is 188 g/mol. The lowest BCUT2D eigenvalue weighted by molar-refractivity contribution is 0.0434. The van der Waals surface area contributed by atoms with E-state index in [1.165, 1.54) is 0 Å². The summed E-state index contributed by atoms with van der Waals surface area (Å²) in [7, 11) is 0. The molecule has 0 bridgehead atoms. The monoisotopic (exact) mass is 214 g/mol. The zero-order valence-electron chi connectivity index (χ0n) is 10.4. The van der Waals surface area contributed by atoms with Gasteiger partial charge < -0.3 is 15.7 Å². The van der Waals surface area contributed by atoms with Crippen molar-refractivity contribution in [3.05, 3.63) is 0 Å². The molecule has 1 fully saturated rings. The van der Waals surface area contributed by atoms with E-state index in [1.807, 2.05) is 6.92 Å². The summed E-state index contributed by atoms with van der Waals surface area (Å²) < 4.78 is 0. The lowest BCUT2D eigenvalue weighted by Gasteiger charge is -2.31. The van der Waals surface area contributed by atoms with Crippen molar-refractivity contribution in [2.75, 3.05) is 26.2 Å². The van der Waals surface area contributed by atoms with Gasteiger partial charge in [-0.05, 0) is 44.7 Å². The van der Waals surface area contributed by atoms with Crippen molar-refractivity contribution < 1.29 is 5.11 Å². The number of likely N-dealkylation sites (tertiary alicyclic amines) is 1. The van der Waals surface area contributed by atoms with E-state index in [1.54, 1.807) is 0 Å². The molecule has 90 valence electrons. The van der Waals surface area contributed by atoms with Crippen molar-refractivity contribution in [3.63, 3.8) is 0 Å². The quantitative estimate of drug-likeness (QED) is 0.742. The normalized spacial score (nSPS) is 30.2. The van der Waals surface area contributed by atoms with Crippen LogP contribution in [0.2, 0.25) is 0 Å². The van der Waals surface area contributed by atoms with E-state index in [4.69, 9.17) is 5.73 Å². The SMILES string of the molecule is CC(C)(CN)CN1CCCC(C)(O)CC1. The van der Waals surface area contributed by atoms with Crippen molar-refractivity contribution >= 4 is 0 Å². The Morgan fingerprint density at radius 3 is 2.60 bits per heavy atom. The Balaban J connectivity index is 2.45. The van der Waals surface area contributed by atoms with Crippen LogP contribution in [0.25, 0.3) is 0 Å². The van der Waals surface area contributed by atoms with Crippen LogP contribution in [0.4, 0.5) is 0 Å². The number of aliphatic hydroxyl groups is 1. The maximum absolute atomic E-state index is 9.98. The molecule has 3 nitrogen and oxygen atoms in total. The molecular formula is C12H26N2O. The molecule has 0 aromatic carbocycles. The Hall–Kier alpha value is -0.120. The zero-order chi connectivity index (χ0) is 11.5. The lowest BCUT2D eigenvalue weighted by Crippen LogP contribution is -2.39. The molecule has 0 saturated carbocycles. The van der Waals surface area contributed by atoms with Crippen LogP contribution >= 0.6 is 0 Å². The van der Waals surface area contributed by atoms with E-state index in [-0.39, 0.29) is 5.41 Å². The van der Waals surface area contributed by atoms with Gasteiger partial charge in [0.1, 0.15) is 0 Å². The van der Waals surface area contributed by atoms with Crippen molar-refractivity contribution in [2.45, 2.75) is 45.6 Å². The average molecular weight is 214 g/mol. The van der Waals surface area contributed by atoms with E-state index in [2.05, 4.69) is 18.7 Å². The Kier molecular flexibility index (Phi) is 4.15. The minimum absolute atomic E-state index is 0.191. The molecule has 1 atom stereocenters. The summed E-state index contributed by atoms with van der Waals surface area (Å²) in [5, 5.41) is 9.98. The summed E-state index contributed by atoms with van der Waals surface area (Å²) in [6.45, 7) is 10.2. The van der Waals surface area contributed by atoms with Gasteiger partial charge >= 0.3 is 0 Å². The molecule has 0 amide bonds. The van der Waals surface area contributed by atoms with Crippen LogP contribution in [0, 0.1) is 5.41 Å². The smallest absolute Gasteiger partial charge is 0.0632 e. The molecule has 3 heteroatoms. The Morgan fingerprint density at radius 2 is 2.00 bits per heavy atom. The van der Waals surface area contributed by atoms with Crippen molar-refractivity contribution in [1.29, 1.82) is 0 Å². The summed E-state index contributed by atoms with van der Waals surface area (Å²) >= 11 is 0. The first-order valence-corrected chi connectivity index (χ1v) is 5.99. The first-order chi connectivity index (χ1) is 6.85. The van der Waals surface area contributed by atoms with Gasteiger partial charge in [0.05, 0.1) is 5.60 Å². The van der Waals surface area contributed by atoms with Gasteiger partial charge in [0, 0.05) is 13.1 Å². The predicted molar refractivity (Wildman–Crippen MR) is 63.8 cm³/mol. The van der Waals surface area contributed by atoms with Gasteiger partial charge in [0.15, 0.2) is 0 Å². The zero-order valence-corrected chi connectivity index (χ0v) is 10.4. The van der Waals surface area contributed by atoms with Gasteiger partial charge in [0.2, 0.25) is 0 Å². The number of rotatable bonds is 3. The van der Waals surface area contributed by atoms with Gasteiger partial charge in [0.25, 0.3) is 0 Å². The topological polar surface area (TPSA) is 49.5 Å². The molecule has 0 aliphatic carbocycles. The van der Waals surface area contributed by atoms with Crippen LogP contribution in [0.3, 0.4) is 0 Å². The van der Waals surface area contributed by atoms with E-state index in [0.29, 0.717) is 0 Å². The third kappa shape index (κ3) is 4.49. The van der Waals surface area contributed by atoms with Gasteiger partial charge in [-0.1, -0.05) is 13.8 Å². The fraction of sp³-hybridized carbons (Fsp3) is 1.00. The van der Waals surface area contributed by atoms with Crippen LogP contribution in [0.15, 0.2) is 0 Å². The molecule has 0 radical (unpaired) electrons. The fourth-order valence-corrected chi connectivity index (χ4v) is 2.15. The van der Waals surface area contributed by atoms with E-state index in [0.717, 1.165) is 45.4 Å². The summed E-state index contributed by atoms with van der Waals surface area (Å²) in [4.78, 5) is 2.44. The third-order valence-corrected chi connectivity index (χ3v) is 3.36. The highest BCUT2D eigenvalue weighted by Crippen LogP contribution is 2.23. The van der Waals surface area contributed by atoms with Crippen LogP contribution in [-0.4, -0.2) is 41.8 Å². The molecule has 1 aliphatic heterocycles. The minimum Gasteiger partial charge on any atom is -0.390 e. The van der Waals surface area contributed by atoms with Gasteiger partial charge in [-0.3, -0.25) is 0 Å². The Bertz CT molecular complexity index is 202. The lowest BCUT2D eigenvalue weighted by atomic mass is 9.93. The average Bonchev–Trinajstić information content (AvgIpc) is 2.28. The van der Waals surface area contributed by atoms with E-state index >= 15 is 0 Å². The predicted octanol–water partition coefficient (Wildman–Crippen LogP) is 1.21. The van der Waals surface area contributed by atoms with Crippen molar-refractivity contribution in [2.24, 2.45) is 11.1 Å². The molecule has 1 rings (SSSR count). The standard InChI is InChI=1S/C12H26N2O/c1-11(2,9-13)10-14-7-4-5-12(3,15)6-8-14/h15H,4-10,13H2,1-3H3. The fourth-order valence-electron chi connectivity index (χ4n) is 2.15. The second-order valence-electron chi connectivity index (χ2n) is 5.99. The summed E-state index contributed by atoms with van der Waals surface area (Å²) in [6, 6.07) is 0. The van der Waals surface area contributed by atoms with Crippen molar-refractivity contribution in [3.8, 4) is 0 Å². The maximum Gasteiger partial charge on any atom is 0.0632 e. The van der Waals surface area contributed by atoms with Gasteiger partial charge in [-0.25, -0.2) is 0 Å². The van der Waals surface area contributed by atoms with Gasteiger partial charge in [-0.2, -0.15) is 0 Å². The first-order valence-electron chi connectivity index (χ1n) is 5.99. The molecule has 0 aromatic rings. The van der Waals surface area contributed by atoms with Crippen molar-refractivity contribution in [1.82, 2.24) is 4.90 Å². The van der Waals surface area contributed by atoms with E-state index in [9.17, 15) is 5.11 Å². The van der Waals surface area contributed by atoms with E-state index < -0.39 is 5.60 Å². The number of nitrogens with two attached hydrogens (primary N) is 1. The summed E-state index contributed by atoms with van der Waals surface area (Å²) in [5.74, 6) is 0. The highest BCUT2D eigenvalue weighted by atomic mass is 16.3. The van der Waals surface area contributed by atoms with Crippen LogP contribution < -0.4 is 5.73 Å². The number of nitrogens with zero attached hydrogens (tertiary/aromatic N) is 1. The Labute approximate surface area is 93.6 Å². The maximum atomic E-state index is 9.98. The minimum atomic E-state index is -0.457. The molecule has 3 N–H and O–H groups in total. The number of hydrogen-bond donors (Lipinski definition) is 2. The Morgan fingerprint density at radius 1 is 1.33 bits per heavy atom. The third-order valence-electron chi connectivity index (χ3n) is 3.36. The second kappa shape index (κ2) is 4.81. The largest absolute Gasteiger partial charge is 0.390 e. The van der Waals surface area contributed by atoms with Crippen LogP contribution in [0.5, 0.6) is 0 Å². The first kappa shape index (κ1) is 12.9. The molecule has 1 unspecified atom stereocenters.